The average Bonchev–Trinajstić information content (AvgIpc) is 2.07. The first-order valence-corrected chi connectivity index (χ1v) is 3.86. The highest BCUT2D eigenvalue weighted by atomic mass is 35.5. The van der Waals surface area contributed by atoms with Crippen LogP contribution in [0.3, 0.4) is 0 Å². The molecule has 1 aromatic rings. The molecule has 0 saturated heterocycles. The van der Waals surface area contributed by atoms with Crippen LogP contribution < -0.4 is 11.5 Å². The smallest absolute Gasteiger partial charge is 0.0564 e. The summed E-state index contributed by atoms with van der Waals surface area (Å²) in [7, 11) is 0. The molecule has 62 valence electrons. The molecule has 12 heavy (non-hydrogen) atoms. The van der Waals surface area contributed by atoms with Gasteiger partial charge >= 0.3 is 0 Å². The maximum atomic E-state index is 5.83. The molecule has 0 fully saturated rings. The van der Waals surface area contributed by atoms with Crippen LogP contribution >= 0.6 is 11.6 Å². The lowest BCUT2D eigenvalue weighted by Gasteiger charge is -1.96. The predicted molar refractivity (Wildman–Crippen MR) is 51.8 cm³/mol. The molecule has 0 aromatic heterocycles. The number of anilines is 1. The molecule has 0 radical (unpaired) electrons. The maximum absolute atomic E-state index is 5.83. The van der Waals surface area contributed by atoms with E-state index in [4.69, 9.17) is 23.1 Å². The van der Waals surface area contributed by atoms with Crippen molar-refractivity contribution in [3.05, 3.63) is 28.8 Å². The molecule has 0 heterocycles. The summed E-state index contributed by atoms with van der Waals surface area (Å²) in [4.78, 5) is 0. The molecule has 0 bridgehead atoms. The zero-order valence-electron chi connectivity index (χ0n) is 6.47. The lowest BCUT2D eigenvalue weighted by molar-refractivity contribution is 1.30. The number of nitrogens with two attached hydrogens (primary N) is 2. The largest absolute Gasteiger partial charge is 0.399 e. The van der Waals surface area contributed by atoms with E-state index in [1.165, 1.54) is 0 Å². The number of hydrogen-bond donors (Lipinski definition) is 2. The molecule has 0 amide bonds. The fourth-order valence-electron chi connectivity index (χ4n) is 0.785. The minimum absolute atomic E-state index is 0.325. The van der Waals surface area contributed by atoms with Gasteiger partial charge < -0.3 is 11.5 Å². The van der Waals surface area contributed by atoms with E-state index in [1.54, 1.807) is 18.2 Å². The van der Waals surface area contributed by atoms with E-state index < -0.39 is 0 Å². The number of nitrogen functional groups attached to an aromatic ring is 1. The summed E-state index contributed by atoms with van der Waals surface area (Å²) in [5.41, 5.74) is 12.1. The van der Waals surface area contributed by atoms with Crippen LogP contribution in [0.1, 0.15) is 5.56 Å². The van der Waals surface area contributed by atoms with Crippen LogP contribution in [0.25, 0.3) is 0 Å². The van der Waals surface area contributed by atoms with Crippen molar-refractivity contribution < 1.29 is 0 Å². The summed E-state index contributed by atoms with van der Waals surface area (Å²) in [6.45, 7) is 0.325. The average molecular weight is 181 g/mol. The van der Waals surface area contributed by atoms with Gasteiger partial charge in [0.25, 0.3) is 0 Å². The quantitative estimate of drug-likeness (QED) is 0.466. The summed E-state index contributed by atoms with van der Waals surface area (Å²) >= 11 is 5.83. The summed E-state index contributed by atoms with van der Waals surface area (Å²) in [6.07, 6.45) is 0. The highest BCUT2D eigenvalue weighted by molar-refractivity contribution is 6.31. The lowest BCUT2D eigenvalue weighted by Crippen LogP contribution is -1.93. The highest BCUT2D eigenvalue weighted by Gasteiger charge is 1.95. The van der Waals surface area contributed by atoms with E-state index in [9.17, 15) is 0 Å². The fourth-order valence-corrected chi connectivity index (χ4v) is 0.950. The van der Waals surface area contributed by atoms with Gasteiger partial charge in [-0.3, -0.25) is 0 Å². The van der Waals surface area contributed by atoms with Crippen LogP contribution in [-0.2, 0) is 0 Å². The van der Waals surface area contributed by atoms with Crippen LogP contribution in [-0.4, -0.2) is 6.54 Å². The van der Waals surface area contributed by atoms with Crippen LogP contribution in [0, 0.1) is 11.8 Å². The minimum atomic E-state index is 0.325. The second kappa shape index (κ2) is 4.01. The third-order valence-corrected chi connectivity index (χ3v) is 1.65. The Hall–Kier alpha value is -1.17. The standard InChI is InChI=1S/C9H9ClN2/c10-9-4-3-8(12)6-7(9)2-1-5-11/h3-4,6H,5,11-12H2. The maximum Gasteiger partial charge on any atom is 0.0564 e. The van der Waals surface area contributed by atoms with Gasteiger partial charge in [0.1, 0.15) is 0 Å². The van der Waals surface area contributed by atoms with Crippen LogP contribution in [0.4, 0.5) is 5.69 Å². The van der Waals surface area contributed by atoms with Gasteiger partial charge in [-0.2, -0.15) is 0 Å². The van der Waals surface area contributed by atoms with Gasteiger partial charge in [0.05, 0.1) is 11.6 Å². The van der Waals surface area contributed by atoms with Gasteiger partial charge in [0.15, 0.2) is 0 Å². The lowest BCUT2D eigenvalue weighted by atomic mass is 10.2. The van der Waals surface area contributed by atoms with Crippen molar-refractivity contribution in [2.45, 2.75) is 0 Å². The van der Waals surface area contributed by atoms with E-state index in [1.807, 2.05) is 0 Å². The second-order valence-electron chi connectivity index (χ2n) is 2.25. The first-order valence-electron chi connectivity index (χ1n) is 3.48. The summed E-state index contributed by atoms with van der Waals surface area (Å²) in [6, 6.07) is 5.18. The third-order valence-electron chi connectivity index (χ3n) is 1.32. The molecule has 4 N–H and O–H groups in total. The van der Waals surface area contributed by atoms with Crippen LogP contribution in [0.5, 0.6) is 0 Å². The van der Waals surface area contributed by atoms with Crippen molar-refractivity contribution in [2.24, 2.45) is 5.73 Å². The van der Waals surface area contributed by atoms with Gasteiger partial charge in [-0.05, 0) is 18.2 Å². The third kappa shape index (κ3) is 2.16. The molecule has 0 aliphatic rings. The Morgan fingerprint density at radius 2 is 2.17 bits per heavy atom. The van der Waals surface area contributed by atoms with E-state index in [0.717, 1.165) is 5.56 Å². The van der Waals surface area contributed by atoms with Crippen molar-refractivity contribution in [3.63, 3.8) is 0 Å². The minimum Gasteiger partial charge on any atom is -0.399 e. The molecule has 0 atom stereocenters. The van der Waals surface area contributed by atoms with E-state index in [2.05, 4.69) is 11.8 Å². The molecular formula is C9H9ClN2. The Kier molecular flexibility index (Phi) is 2.98. The van der Waals surface area contributed by atoms with Crippen molar-refractivity contribution in [3.8, 4) is 11.8 Å². The SMILES string of the molecule is NCC#Cc1cc(N)ccc1Cl. The van der Waals surface area contributed by atoms with Gasteiger partial charge in [-0.1, -0.05) is 23.4 Å². The normalized spacial score (nSPS) is 8.83. The fraction of sp³-hybridized carbons (Fsp3) is 0.111. The molecule has 1 rings (SSSR count). The topological polar surface area (TPSA) is 52.0 Å². The summed E-state index contributed by atoms with van der Waals surface area (Å²) in [5.74, 6) is 5.54. The van der Waals surface area contributed by atoms with E-state index in [-0.39, 0.29) is 0 Å². The van der Waals surface area contributed by atoms with Crippen molar-refractivity contribution in [1.82, 2.24) is 0 Å². The van der Waals surface area contributed by atoms with E-state index in [0.29, 0.717) is 17.3 Å². The van der Waals surface area contributed by atoms with Crippen molar-refractivity contribution in [1.29, 1.82) is 0 Å². The molecule has 0 aliphatic heterocycles. The first kappa shape index (κ1) is 8.92. The Morgan fingerprint density at radius 3 is 2.83 bits per heavy atom. The number of benzene rings is 1. The predicted octanol–water partition coefficient (Wildman–Crippen LogP) is 1.23. The molecule has 0 aliphatic carbocycles. The van der Waals surface area contributed by atoms with Crippen molar-refractivity contribution in [2.75, 3.05) is 12.3 Å². The number of halogens is 1. The van der Waals surface area contributed by atoms with Gasteiger partial charge in [-0.25, -0.2) is 0 Å². The molecule has 0 unspecified atom stereocenters. The Balaban J connectivity index is 3.05. The molecular weight excluding hydrogens is 172 g/mol. The Bertz CT molecular complexity index is 336. The van der Waals surface area contributed by atoms with Gasteiger partial charge in [0, 0.05) is 11.3 Å². The van der Waals surface area contributed by atoms with Gasteiger partial charge in [0.2, 0.25) is 0 Å². The Morgan fingerprint density at radius 1 is 1.42 bits per heavy atom. The second-order valence-corrected chi connectivity index (χ2v) is 2.65. The monoisotopic (exact) mass is 180 g/mol. The van der Waals surface area contributed by atoms with Crippen LogP contribution in [0.15, 0.2) is 18.2 Å². The number of rotatable bonds is 0. The van der Waals surface area contributed by atoms with Gasteiger partial charge in [-0.15, -0.1) is 0 Å². The molecule has 3 heteroatoms. The zero-order chi connectivity index (χ0) is 8.97. The molecule has 1 aromatic carbocycles. The molecule has 0 spiro atoms. The summed E-state index contributed by atoms with van der Waals surface area (Å²) in [5, 5.41) is 0.602. The van der Waals surface area contributed by atoms with Crippen LogP contribution in [0.2, 0.25) is 5.02 Å². The molecule has 0 saturated carbocycles. The highest BCUT2D eigenvalue weighted by Crippen LogP contribution is 2.17. The molecule has 2 nitrogen and oxygen atoms in total. The zero-order valence-corrected chi connectivity index (χ0v) is 7.23. The Labute approximate surface area is 76.5 Å². The van der Waals surface area contributed by atoms with Crippen molar-refractivity contribution >= 4 is 17.3 Å². The summed E-state index contributed by atoms with van der Waals surface area (Å²) < 4.78 is 0. The number of hydrogen-bond acceptors (Lipinski definition) is 2. The van der Waals surface area contributed by atoms with E-state index >= 15 is 0 Å². The first-order chi connectivity index (χ1) is 5.74.